The lowest BCUT2D eigenvalue weighted by atomic mass is 10.1. The highest BCUT2D eigenvalue weighted by Gasteiger charge is 2.21. The summed E-state index contributed by atoms with van der Waals surface area (Å²) in [6.45, 7) is 5.17. The Morgan fingerprint density at radius 3 is 2.20 bits per heavy atom. The Balaban J connectivity index is 2.11. The molecule has 0 N–H and O–H groups in total. The molecule has 0 saturated carbocycles. The van der Waals surface area contributed by atoms with E-state index in [9.17, 15) is 10.5 Å². The van der Waals surface area contributed by atoms with Crippen LogP contribution in [0.1, 0.15) is 11.1 Å². The number of benzene rings is 1. The molecule has 0 spiro atoms. The van der Waals surface area contributed by atoms with Crippen LogP contribution in [-0.2, 0) is 4.74 Å². The highest BCUT2D eigenvalue weighted by Crippen LogP contribution is 2.25. The molecule has 0 unspecified atom stereocenters. The van der Waals surface area contributed by atoms with Gasteiger partial charge in [0.1, 0.15) is 12.1 Å². The van der Waals surface area contributed by atoms with E-state index in [1.807, 2.05) is 0 Å². The summed E-state index contributed by atoms with van der Waals surface area (Å²) in [6, 6.07) is 9.68. The predicted octanol–water partition coefficient (Wildman–Crippen LogP) is 1.20. The SMILES string of the molecule is COCCN1CCN(c2c(C#N)cccc2C#N)CC1. The second-order valence-electron chi connectivity index (χ2n) is 4.75. The van der Waals surface area contributed by atoms with Gasteiger partial charge in [-0.15, -0.1) is 0 Å². The molecule has 0 atom stereocenters. The molecule has 1 aliphatic heterocycles. The zero-order chi connectivity index (χ0) is 14.4. The molecule has 1 saturated heterocycles. The van der Waals surface area contributed by atoms with Crippen LogP contribution < -0.4 is 4.90 Å². The van der Waals surface area contributed by atoms with Crippen LogP contribution in [0, 0.1) is 22.7 Å². The van der Waals surface area contributed by atoms with Gasteiger partial charge in [0.05, 0.1) is 23.4 Å². The first kappa shape index (κ1) is 14.3. The van der Waals surface area contributed by atoms with E-state index < -0.39 is 0 Å². The molecule has 1 aromatic carbocycles. The number of hydrogen-bond acceptors (Lipinski definition) is 5. The summed E-state index contributed by atoms with van der Waals surface area (Å²) in [7, 11) is 1.71. The zero-order valence-electron chi connectivity index (χ0n) is 11.7. The Morgan fingerprint density at radius 1 is 1.10 bits per heavy atom. The first-order chi connectivity index (χ1) is 9.80. The van der Waals surface area contributed by atoms with Crippen LogP contribution in [0.15, 0.2) is 18.2 Å². The van der Waals surface area contributed by atoms with Crippen molar-refractivity contribution in [3.8, 4) is 12.1 Å². The average molecular weight is 270 g/mol. The molecular weight excluding hydrogens is 252 g/mol. The maximum absolute atomic E-state index is 9.22. The van der Waals surface area contributed by atoms with Crippen molar-refractivity contribution in [2.75, 3.05) is 51.3 Å². The summed E-state index contributed by atoms with van der Waals surface area (Å²) in [6.07, 6.45) is 0. The lowest BCUT2D eigenvalue weighted by Crippen LogP contribution is -2.47. The van der Waals surface area contributed by atoms with E-state index in [0.29, 0.717) is 11.1 Å². The quantitative estimate of drug-likeness (QED) is 0.822. The summed E-state index contributed by atoms with van der Waals surface area (Å²) in [5, 5.41) is 18.4. The fraction of sp³-hybridized carbons (Fsp3) is 0.467. The molecule has 1 aliphatic rings. The topological polar surface area (TPSA) is 63.3 Å². The number of rotatable bonds is 4. The third-order valence-electron chi connectivity index (χ3n) is 3.58. The molecular formula is C15H18N4O. The molecule has 0 aromatic heterocycles. The van der Waals surface area contributed by atoms with E-state index in [-0.39, 0.29) is 0 Å². The lowest BCUT2D eigenvalue weighted by molar-refractivity contribution is 0.144. The Morgan fingerprint density at radius 2 is 1.70 bits per heavy atom. The smallest absolute Gasteiger partial charge is 0.101 e. The van der Waals surface area contributed by atoms with Crippen LogP contribution in [0.2, 0.25) is 0 Å². The van der Waals surface area contributed by atoms with Gasteiger partial charge in [0.2, 0.25) is 0 Å². The van der Waals surface area contributed by atoms with Gasteiger partial charge in [-0.2, -0.15) is 10.5 Å². The molecule has 1 fully saturated rings. The van der Waals surface area contributed by atoms with Gasteiger partial charge in [0.25, 0.3) is 0 Å². The van der Waals surface area contributed by atoms with Crippen molar-refractivity contribution >= 4 is 5.69 Å². The highest BCUT2D eigenvalue weighted by atomic mass is 16.5. The van der Waals surface area contributed by atoms with Crippen molar-refractivity contribution in [1.29, 1.82) is 10.5 Å². The molecule has 0 radical (unpaired) electrons. The summed E-state index contributed by atoms with van der Waals surface area (Å²) >= 11 is 0. The normalized spacial score (nSPS) is 15.7. The van der Waals surface area contributed by atoms with E-state index in [1.54, 1.807) is 25.3 Å². The van der Waals surface area contributed by atoms with E-state index in [0.717, 1.165) is 45.0 Å². The van der Waals surface area contributed by atoms with Crippen molar-refractivity contribution in [2.24, 2.45) is 0 Å². The predicted molar refractivity (Wildman–Crippen MR) is 76.4 cm³/mol. The van der Waals surface area contributed by atoms with Crippen molar-refractivity contribution in [3.63, 3.8) is 0 Å². The van der Waals surface area contributed by atoms with Crippen molar-refractivity contribution in [1.82, 2.24) is 4.90 Å². The fourth-order valence-corrected chi connectivity index (χ4v) is 2.48. The summed E-state index contributed by atoms with van der Waals surface area (Å²) in [4.78, 5) is 4.47. The van der Waals surface area contributed by atoms with Gasteiger partial charge in [-0.05, 0) is 12.1 Å². The van der Waals surface area contributed by atoms with E-state index in [1.165, 1.54) is 0 Å². The van der Waals surface area contributed by atoms with E-state index in [4.69, 9.17) is 4.74 Å². The number of nitrogens with zero attached hydrogens (tertiary/aromatic N) is 4. The number of ether oxygens (including phenoxy) is 1. The van der Waals surface area contributed by atoms with Gasteiger partial charge in [-0.3, -0.25) is 4.90 Å². The molecule has 5 heteroatoms. The molecule has 0 aliphatic carbocycles. The standard InChI is InChI=1S/C15H18N4O/c1-20-10-9-18-5-7-19(8-6-18)15-13(11-16)3-2-4-14(15)12-17/h2-4H,5-10H2,1H3. The molecule has 0 bridgehead atoms. The molecule has 20 heavy (non-hydrogen) atoms. The van der Waals surface area contributed by atoms with E-state index >= 15 is 0 Å². The lowest BCUT2D eigenvalue weighted by Gasteiger charge is -2.36. The third kappa shape index (κ3) is 3.08. The number of anilines is 1. The zero-order valence-corrected chi connectivity index (χ0v) is 11.7. The average Bonchev–Trinajstić information content (AvgIpc) is 2.52. The Kier molecular flexibility index (Phi) is 4.95. The number of hydrogen-bond donors (Lipinski definition) is 0. The van der Waals surface area contributed by atoms with Crippen LogP contribution >= 0.6 is 0 Å². The third-order valence-corrected chi connectivity index (χ3v) is 3.58. The first-order valence-electron chi connectivity index (χ1n) is 6.69. The maximum Gasteiger partial charge on any atom is 0.101 e. The minimum atomic E-state index is 0.578. The summed E-state index contributed by atoms with van der Waals surface area (Å²) in [5.41, 5.74) is 1.94. The van der Waals surface area contributed by atoms with E-state index in [2.05, 4.69) is 21.9 Å². The van der Waals surface area contributed by atoms with Gasteiger partial charge >= 0.3 is 0 Å². The molecule has 0 amide bonds. The second kappa shape index (κ2) is 6.91. The minimum absolute atomic E-state index is 0.578. The van der Waals surface area contributed by atoms with Gasteiger partial charge in [0, 0.05) is 39.8 Å². The largest absolute Gasteiger partial charge is 0.383 e. The van der Waals surface area contributed by atoms with Gasteiger partial charge in [0.15, 0.2) is 0 Å². The number of methoxy groups -OCH3 is 1. The number of piperazine rings is 1. The van der Waals surface area contributed by atoms with Gasteiger partial charge in [-0.25, -0.2) is 0 Å². The van der Waals surface area contributed by atoms with Crippen molar-refractivity contribution in [2.45, 2.75) is 0 Å². The monoisotopic (exact) mass is 270 g/mol. The number of para-hydroxylation sites is 1. The highest BCUT2D eigenvalue weighted by molar-refractivity contribution is 5.68. The van der Waals surface area contributed by atoms with Crippen molar-refractivity contribution in [3.05, 3.63) is 29.3 Å². The van der Waals surface area contributed by atoms with Crippen LogP contribution in [-0.4, -0.2) is 51.3 Å². The maximum atomic E-state index is 9.22. The molecule has 104 valence electrons. The molecule has 1 aromatic rings. The summed E-state index contributed by atoms with van der Waals surface area (Å²) < 4.78 is 5.09. The second-order valence-corrected chi connectivity index (χ2v) is 4.75. The molecule has 1 heterocycles. The minimum Gasteiger partial charge on any atom is -0.383 e. The van der Waals surface area contributed by atoms with Crippen LogP contribution in [0.4, 0.5) is 5.69 Å². The van der Waals surface area contributed by atoms with Crippen molar-refractivity contribution < 1.29 is 4.74 Å². The van der Waals surface area contributed by atoms with Crippen LogP contribution in [0.25, 0.3) is 0 Å². The van der Waals surface area contributed by atoms with Gasteiger partial charge in [-0.1, -0.05) is 6.07 Å². The van der Waals surface area contributed by atoms with Gasteiger partial charge < -0.3 is 9.64 Å². The molecule has 2 rings (SSSR count). The molecule has 5 nitrogen and oxygen atoms in total. The number of nitriles is 2. The van der Waals surface area contributed by atoms with Crippen LogP contribution in [0.5, 0.6) is 0 Å². The van der Waals surface area contributed by atoms with Crippen LogP contribution in [0.3, 0.4) is 0 Å². The fourth-order valence-electron chi connectivity index (χ4n) is 2.48. The Bertz CT molecular complexity index is 504. The summed E-state index contributed by atoms with van der Waals surface area (Å²) in [5.74, 6) is 0. The Labute approximate surface area is 119 Å². The first-order valence-corrected chi connectivity index (χ1v) is 6.69. The Hall–Kier alpha value is -2.08.